The van der Waals surface area contributed by atoms with Gasteiger partial charge in [-0.3, -0.25) is 0 Å². The molecule has 1 nitrogen and oxygen atoms in total. The molecule has 0 bridgehead atoms. The summed E-state index contributed by atoms with van der Waals surface area (Å²) in [7, 11) is 0. The molecule has 0 saturated carbocycles. The van der Waals surface area contributed by atoms with Gasteiger partial charge in [0, 0.05) is 21.4 Å². The summed E-state index contributed by atoms with van der Waals surface area (Å²) in [5.41, 5.74) is 1.39. The molecular formula is C18H24BrNS. The number of hydrogen-bond donors (Lipinski definition) is 1. The quantitative estimate of drug-likeness (QED) is 0.603. The van der Waals surface area contributed by atoms with Crippen molar-refractivity contribution in [2.75, 3.05) is 0 Å². The van der Waals surface area contributed by atoms with Crippen LogP contribution in [0.1, 0.15) is 56.1 Å². The topological polar surface area (TPSA) is 12.0 Å². The molecule has 0 fully saturated rings. The Kier molecular flexibility index (Phi) is 6.46. The van der Waals surface area contributed by atoms with Crippen LogP contribution in [0.15, 0.2) is 46.3 Å². The molecule has 2 rings (SSSR count). The summed E-state index contributed by atoms with van der Waals surface area (Å²) in [5, 5.41) is 6.00. The highest BCUT2D eigenvalue weighted by Crippen LogP contribution is 2.34. The van der Waals surface area contributed by atoms with Gasteiger partial charge in [-0.25, -0.2) is 0 Å². The molecule has 2 unspecified atom stereocenters. The van der Waals surface area contributed by atoms with E-state index < -0.39 is 0 Å². The maximum atomic E-state index is 3.86. The van der Waals surface area contributed by atoms with Crippen LogP contribution in [-0.2, 0) is 0 Å². The Labute approximate surface area is 140 Å². The zero-order valence-corrected chi connectivity index (χ0v) is 15.4. The van der Waals surface area contributed by atoms with Crippen molar-refractivity contribution in [3.63, 3.8) is 0 Å². The monoisotopic (exact) mass is 365 g/mol. The molecule has 114 valence electrons. The molecule has 1 heterocycles. The van der Waals surface area contributed by atoms with E-state index in [0.717, 1.165) is 0 Å². The minimum Gasteiger partial charge on any atom is -0.302 e. The molecule has 1 aromatic heterocycles. The van der Waals surface area contributed by atoms with E-state index in [0.29, 0.717) is 18.0 Å². The van der Waals surface area contributed by atoms with Crippen LogP contribution in [-0.4, -0.2) is 0 Å². The second kappa shape index (κ2) is 8.11. The van der Waals surface area contributed by atoms with Crippen molar-refractivity contribution >= 4 is 27.3 Å². The summed E-state index contributed by atoms with van der Waals surface area (Å²) in [6, 6.07) is 13.7. The fourth-order valence-electron chi connectivity index (χ4n) is 2.88. The maximum absolute atomic E-state index is 3.86. The largest absolute Gasteiger partial charge is 0.302 e. The van der Waals surface area contributed by atoms with Gasteiger partial charge in [0.15, 0.2) is 0 Å². The molecule has 1 aromatic carbocycles. The summed E-state index contributed by atoms with van der Waals surface area (Å²) in [5.74, 6) is 0.661. The van der Waals surface area contributed by atoms with Gasteiger partial charge >= 0.3 is 0 Å². The first-order valence-electron chi connectivity index (χ1n) is 7.71. The minimum absolute atomic E-state index is 0.352. The zero-order valence-electron chi connectivity index (χ0n) is 13.0. The molecule has 0 amide bonds. The van der Waals surface area contributed by atoms with Crippen LogP contribution >= 0.6 is 27.3 Å². The van der Waals surface area contributed by atoms with Crippen LogP contribution in [0, 0.1) is 5.92 Å². The summed E-state index contributed by atoms with van der Waals surface area (Å²) in [4.78, 5) is 1.38. The van der Waals surface area contributed by atoms with Gasteiger partial charge in [-0.15, -0.1) is 11.3 Å². The maximum Gasteiger partial charge on any atom is 0.0402 e. The van der Waals surface area contributed by atoms with E-state index in [1.165, 1.54) is 27.8 Å². The highest BCUT2D eigenvalue weighted by Gasteiger charge is 2.23. The Morgan fingerprint density at radius 3 is 2.29 bits per heavy atom. The SMILES string of the molecule is CCC(CC)C(NC(C)c1sccc1Br)c1ccccc1. The number of nitrogens with one attached hydrogen (secondary N) is 1. The first-order chi connectivity index (χ1) is 10.2. The normalized spacial score (nSPS) is 14.3. The van der Waals surface area contributed by atoms with Crippen molar-refractivity contribution in [3.05, 3.63) is 56.7 Å². The summed E-state index contributed by atoms with van der Waals surface area (Å²) >= 11 is 5.47. The van der Waals surface area contributed by atoms with Gasteiger partial charge < -0.3 is 5.32 Å². The second-order valence-corrected chi connectivity index (χ2v) is 7.29. The first-order valence-corrected chi connectivity index (χ1v) is 9.38. The molecule has 3 heteroatoms. The van der Waals surface area contributed by atoms with E-state index in [1.807, 2.05) is 11.3 Å². The van der Waals surface area contributed by atoms with Gasteiger partial charge in [-0.1, -0.05) is 57.0 Å². The molecule has 0 aliphatic rings. The van der Waals surface area contributed by atoms with Crippen LogP contribution in [0.5, 0.6) is 0 Å². The summed E-state index contributed by atoms with van der Waals surface area (Å²) in [6.07, 6.45) is 2.39. The highest BCUT2D eigenvalue weighted by molar-refractivity contribution is 9.10. The van der Waals surface area contributed by atoms with Gasteiger partial charge in [-0.05, 0) is 45.8 Å². The van der Waals surface area contributed by atoms with Crippen molar-refractivity contribution < 1.29 is 0 Å². The molecule has 0 spiro atoms. The molecule has 0 aliphatic heterocycles. The lowest BCUT2D eigenvalue weighted by molar-refractivity contribution is 0.318. The van der Waals surface area contributed by atoms with E-state index in [-0.39, 0.29) is 0 Å². The molecular weight excluding hydrogens is 342 g/mol. The van der Waals surface area contributed by atoms with E-state index in [2.05, 4.69) is 83.8 Å². The highest BCUT2D eigenvalue weighted by atomic mass is 79.9. The first kappa shape index (κ1) is 16.7. The third-order valence-electron chi connectivity index (χ3n) is 4.15. The number of thiophene rings is 1. The predicted octanol–water partition coefficient (Wildman–Crippen LogP) is 6.34. The lowest BCUT2D eigenvalue weighted by Gasteiger charge is -2.30. The van der Waals surface area contributed by atoms with Crippen molar-refractivity contribution in [2.45, 2.75) is 45.7 Å². The molecule has 2 aromatic rings. The van der Waals surface area contributed by atoms with Crippen LogP contribution in [0.3, 0.4) is 0 Å². The van der Waals surface area contributed by atoms with Crippen LogP contribution in [0.2, 0.25) is 0 Å². The van der Waals surface area contributed by atoms with E-state index in [4.69, 9.17) is 0 Å². The average molecular weight is 366 g/mol. The number of benzene rings is 1. The Morgan fingerprint density at radius 2 is 1.76 bits per heavy atom. The standard InChI is InChI=1S/C18H24BrNS/c1-4-14(5-2)17(15-9-7-6-8-10-15)20-13(3)18-16(19)11-12-21-18/h6-14,17,20H,4-5H2,1-3H3. The van der Waals surface area contributed by atoms with Crippen LogP contribution < -0.4 is 5.32 Å². The van der Waals surface area contributed by atoms with Crippen molar-refractivity contribution in [2.24, 2.45) is 5.92 Å². The number of hydrogen-bond acceptors (Lipinski definition) is 2. The van der Waals surface area contributed by atoms with Gasteiger partial charge in [0.05, 0.1) is 0 Å². The Bertz CT molecular complexity index is 533. The lowest BCUT2D eigenvalue weighted by Crippen LogP contribution is -2.30. The minimum atomic E-state index is 0.352. The second-order valence-electron chi connectivity index (χ2n) is 5.49. The van der Waals surface area contributed by atoms with Gasteiger partial charge in [-0.2, -0.15) is 0 Å². The van der Waals surface area contributed by atoms with E-state index >= 15 is 0 Å². The lowest BCUT2D eigenvalue weighted by atomic mass is 9.88. The summed E-state index contributed by atoms with van der Waals surface area (Å²) in [6.45, 7) is 6.84. The molecule has 21 heavy (non-hydrogen) atoms. The fraction of sp³-hybridized carbons (Fsp3) is 0.444. The Morgan fingerprint density at radius 1 is 1.10 bits per heavy atom. The van der Waals surface area contributed by atoms with Crippen molar-refractivity contribution in [1.82, 2.24) is 5.32 Å². The van der Waals surface area contributed by atoms with Gasteiger partial charge in [0.1, 0.15) is 0 Å². The smallest absolute Gasteiger partial charge is 0.0402 e. The van der Waals surface area contributed by atoms with Crippen LogP contribution in [0.4, 0.5) is 0 Å². The van der Waals surface area contributed by atoms with Gasteiger partial charge in [0.2, 0.25) is 0 Å². The van der Waals surface area contributed by atoms with Gasteiger partial charge in [0.25, 0.3) is 0 Å². The van der Waals surface area contributed by atoms with E-state index in [9.17, 15) is 0 Å². The molecule has 0 aliphatic carbocycles. The van der Waals surface area contributed by atoms with Crippen molar-refractivity contribution in [1.29, 1.82) is 0 Å². The van der Waals surface area contributed by atoms with Crippen molar-refractivity contribution in [3.8, 4) is 0 Å². The fourth-order valence-corrected chi connectivity index (χ4v) is 4.62. The zero-order chi connectivity index (χ0) is 15.2. The Hall–Kier alpha value is -0.640. The van der Waals surface area contributed by atoms with Crippen LogP contribution in [0.25, 0.3) is 0 Å². The molecule has 1 N–H and O–H groups in total. The van der Waals surface area contributed by atoms with E-state index in [1.54, 1.807) is 0 Å². The molecule has 0 saturated heterocycles. The molecule has 2 atom stereocenters. The average Bonchev–Trinajstić information content (AvgIpc) is 2.94. The number of halogens is 1. The molecule has 0 radical (unpaired) electrons. The number of rotatable bonds is 7. The summed E-state index contributed by atoms with van der Waals surface area (Å²) < 4.78 is 1.21. The Balaban J connectivity index is 2.22. The third kappa shape index (κ3) is 4.18. The predicted molar refractivity (Wildman–Crippen MR) is 96.8 cm³/mol. The third-order valence-corrected chi connectivity index (χ3v) is 6.20.